The molecule has 6 heteroatoms. The predicted octanol–water partition coefficient (Wildman–Crippen LogP) is 1.76. The number of amides is 1. The minimum atomic E-state index is -0.343. The molecule has 2 fully saturated rings. The molecule has 2 rings (SSSR count). The van der Waals surface area contributed by atoms with Gasteiger partial charge >= 0.3 is 0 Å². The van der Waals surface area contributed by atoms with Crippen molar-refractivity contribution in [3.05, 3.63) is 12.3 Å². The predicted molar refractivity (Wildman–Crippen MR) is 109 cm³/mol. The number of Topliss-reactive ketones (excluding diaryl/α,β-unsaturated/α-hetero) is 1. The zero-order chi connectivity index (χ0) is 20.0. The van der Waals surface area contributed by atoms with Crippen LogP contribution in [0.2, 0.25) is 0 Å². The molecule has 2 aliphatic rings. The topological polar surface area (TPSA) is 78.7 Å². The summed E-state index contributed by atoms with van der Waals surface area (Å²) >= 11 is 0. The van der Waals surface area contributed by atoms with E-state index >= 15 is 0 Å². The zero-order valence-electron chi connectivity index (χ0n) is 17.4. The van der Waals surface area contributed by atoms with Crippen LogP contribution in [0.15, 0.2) is 12.3 Å². The number of likely N-dealkylation sites (N-methyl/N-ethyl adjacent to an activating group) is 1. The summed E-state index contributed by atoms with van der Waals surface area (Å²) in [5.41, 5.74) is 6.58. The smallest absolute Gasteiger partial charge is 0.246 e. The first-order chi connectivity index (χ1) is 12.9. The largest absolute Gasteiger partial charge is 0.365 e. The van der Waals surface area contributed by atoms with Crippen molar-refractivity contribution in [1.29, 1.82) is 0 Å². The number of nitrogens with one attached hydrogen (secondary N) is 1. The van der Waals surface area contributed by atoms with Crippen LogP contribution in [0, 0.1) is 11.8 Å². The molecule has 3 atom stereocenters. The van der Waals surface area contributed by atoms with E-state index < -0.39 is 0 Å². The number of ketones is 1. The quantitative estimate of drug-likeness (QED) is 0.598. The molecular formula is C21H38N4O2. The van der Waals surface area contributed by atoms with Crippen molar-refractivity contribution in [1.82, 2.24) is 15.1 Å². The first-order valence-electron chi connectivity index (χ1n) is 10.6. The fourth-order valence-electron chi connectivity index (χ4n) is 4.34. The van der Waals surface area contributed by atoms with E-state index in [1.807, 2.05) is 16.8 Å². The number of nitrogens with zero attached hydrogens (tertiary/aromatic N) is 2. The number of piperazine rings is 1. The minimum absolute atomic E-state index is 0.0527. The Hall–Kier alpha value is -1.40. The second-order valence-electron chi connectivity index (χ2n) is 8.20. The maximum absolute atomic E-state index is 13.4. The van der Waals surface area contributed by atoms with Crippen molar-refractivity contribution in [2.24, 2.45) is 17.6 Å². The van der Waals surface area contributed by atoms with Gasteiger partial charge in [-0.2, -0.15) is 0 Å². The zero-order valence-corrected chi connectivity index (χ0v) is 17.4. The highest BCUT2D eigenvalue weighted by Gasteiger charge is 2.43. The van der Waals surface area contributed by atoms with Crippen LogP contribution in [0.1, 0.15) is 52.4 Å². The molecule has 0 aromatic heterocycles. The van der Waals surface area contributed by atoms with Crippen LogP contribution in [0.3, 0.4) is 0 Å². The number of hydrogen-bond acceptors (Lipinski definition) is 5. The van der Waals surface area contributed by atoms with Crippen LogP contribution in [0.5, 0.6) is 0 Å². The lowest BCUT2D eigenvalue weighted by atomic mass is 9.85. The van der Waals surface area contributed by atoms with Crippen molar-refractivity contribution in [2.75, 3.05) is 33.2 Å². The van der Waals surface area contributed by atoms with Gasteiger partial charge in [-0.1, -0.05) is 26.8 Å². The Labute approximate surface area is 164 Å². The standard InChI is InChI=1S/C21H38N4O2/c1-5-15(2)19-21(27)25(14-16(3)24(19)4)18(8-6-7-11-22)20(26)17-9-12-23-13-10-17/h15,17-19,23H,3,5-14,22H2,1-2,4H3/t15?,18-,19-/m0/s1. The van der Waals surface area contributed by atoms with Gasteiger partial charge in [-0.15, -0.1) is 0 Å². The van der Waals surface area contributed by atoms with E-state index in [9.17, 15) is 9.59 Å². The number of nitrogens with two attached hydrogens (primary N) is 1. The van der Waals surface area contributed by atoms with Gasteiger partial charge in [0.2, 0.25) is 5.91 Å². The Bertz CT molecular complexity index is 530. The second kappa shape index (κ2) is 10.2. The Kier molecular flexibility index (Phi) is 8.29. The molecule has 1 unspecified atom stereocenters. The molecule has 0 aliphatic carbocycles. The van der Waals surface area contributed by atoms with Gasteiger partial charge in [-0.25, -0.2) is 0 Å². The van der Waals surface area contributed by atoms with Gasteiger partial charge in [0.05, 0.1) is 12.6 Å². The molecule has 1 amide bonds. The molecule has 154 valence electrons. The third-order valence-corrected chi connectivity index (χ3v) is 6.37. The molecule has 0 saturated carbocycles. The van der Waals surface area contributed by atoms with Gasteiger partial charge in [-0.3, -0.25) is 9.59 Å². The summed E-state index contributed by atoms with van der Waals surface area (Å²) in [7, 11) is 1.95. The molecule has 0 aromatic rings. The molecule has 2 saturated heterocycles. The fourth-order valence-corrected chi connectivity index (χ4v) is 4.34. The lowest BCUT2D eigenvalue weighted by molar-refractivity contribution is -0.149. The van der Waals surface area contributed by atoms with E-state index in [0.29, 0.717) is 19.5 Å². The average Bonchev–Trinajstić information content (AvgIpc) is 2.68. The summed E-state index contributed by atoms with van der Waals surface area (Å²) in [6.45, 7) is 11.2. The van der Waals surface area contributed by atoms with Gasteiger partial charge in [0.1, 0.15) is 6.04 Å². The number of rotatable bonds is 9. The number of unbranched alkanes of at least 4 members (excludes halogenated alkanes) is 1. The SMILES string of the molecule is C=C1CN([C@@H](CCCCN)C(=O)C2CCNCC2)C(=O)[C@H](C(C)CC)N1C. The monoisotopic (exact) mass is 378 g/mol. The Morgan fingerprint density at radius 2 is 2.00 bits per heavy atom. The normalized spacial score (nSPS) is 24.2. The first-order valence-corrected chi connectivity index (χ1v) is 10.6. The minimum Gasteiger partial charge on any atom is -0.365 e. The van der Waals surface area contributed by atoms with Crippen LogP contribution in [-0.4, -0.2) is 66.8 Å². The Morgan fingerprint density at radius 1 is 1.33 bits per heavy atom. The molecule has 0 bridgehead atoms. The van der Waals surface area contributed by atoms with Crippen LogP contribution < -0.4 is 11.1 Å². The molecule has 0 spiro atoms. The number of hydrogen-bond donors (Lipinski definition) is 2. The number of piperidine rings is 1. The fraction of sp³-hybridized carbons (Fsp3) is 0.810. The molecule has 3 N–H and O–H groups in total. The highest BCUT2D eigenvalue weighted by atomic mass is 16.2. The van der Waals surface area contributed by atoms with Gasteiger partial charge in [0.25, 0.3) is 0 Å². The summed E-state index contributed by atoms with van der Waals surface area (Å²) in [6, 6.07) is -0.571. The molecule has 2 heterocycles. The molecule has 0 radical (unpaired) electrons. The van der Waals surface area contributed by atoms with E-state index in [2.05, 4.69) is 25.7 Å². The van der Waals surface area contributed by atoms with Crippen LogP contribution >= 0.6 is 0 Å². The third kappa shape index (κ3) is 5.11. The van der Waals surface area contributed by atoms with Crippen molar-refractivity contribution >= 4 is 11.7 Å². The van der Waals surface area contributed by atoms with Crippen LogP contribution in [0.25, 0.3) is 0 Å². The summed E-state index contributed by atoms with van der Waals surface area (Å²) in [6.07, 6.45) is 5.11. The number of carbonyl (C=O) groups excluding carboxylic acids is 2. The van der Waals surface area contributed by atoms with E-state index in [0.717, 1.165) is 50.9 Å². The Morgan fingerprint density at radius 3 is 2.59 bits per heavy atom. The second-order valence-corrected chi connectivity index (χ2v) is 8.20. The van der Waals surface area contributed by atoms with E-state index in [-0.39, 0.29) is 35.6 Å². The van der Waals surface area contributed by atoms with Gasteiger partial charge in [-0.05, 0) is 57.7 Å². The average molecular weight is 379 g/mol. The lowest BCUT2D eigenvalue weighted by Gasteiger charge is -2.46. The van der Waals surface area contributed by atoms with Gasteiger partial charge in [0, 0.05) is 18.7 Å². The molecule has 27 heavy (non-hydrogen) atoms. The summed E-state index contributed by atoms with van der Waals surface area (Å²) in [5, 5.41) is 3.32. The lowest BCUT2D eigenvalue weighted by Crippen LogP contribution is -2.61. The van der Waals surface area contributed by atoms with E-state index in [1.54, 1.807) is 0 Å². The third-order valence-electron chi connectivity index (χ3n) is 6.37. The summed E-state index contributed by atoms with van der Waals surface area (Å²) < 4.78 is 0. The molecular weight excluding hydrogens is 340 g/mol. The molecule has 6 nitrogen and oxygen atoms in total. The molecule has 2 aliphatic heterocycles. The van der Waals surface area contributed by atoms with E-state index in [1.165, 1.54) is 0 Å². The van der Waals surface area contributed by atoms with Crippen LogP contribution in [-0.2, 0) is 9.59 Å². The number of carbonyl (C=O) groups is 2. The van der Waals surface area contributed by atoms with Crippen molar-refractivity contribution < 1.29 is 9.59 Å². The van der Waals surface area contributed by atoms with Gasteiger partial charge < -0.3 is 20.9 Å². The highest BCUT2D eigenvalue weighted by molar-refractivity contribution is 5.93. The van der Waals surface area contributed by atoms with Crippen molar-refractivity contribution in [3.63, 3.8) is 0 Å². The maximum atomic E-state index is 13.4. The Balaban J connectivity index is 2.24. The van der Waals surface area contributed by atoms with E-state index in [4.69, 9.17) is 5.73 Å². The highest BCUT2D eigenvalue weighted by Crippen LogP contribution is 2.29. The van der Waals surface area contributed by atoms with Crippen molar-refractivity contribution in [3.8, 4) is 0 Å². The molecule has 0 aromatic carbocycles. The van der Waals surface area contributed by atoms with Crippen LogP contribution in [0.4, 0.5) is 0 Å². The van der Waals surface area contributed by atoms with Gasteiger partial charge in [0.15, 0.2) is 5.78 Å². The first kappa shape index (κ1) is 21.9. The maximum Gasteiger partial charge on any atom is 0.246 e. The van der Waals surface area contributed by atoms with Crippen molar-refractivity contribution in [2.45, 2.75) is 64.5 Å². The summed E-state index contributed by atoms with van der Waals surface area (Å²) in [5.74, 6) is 0.596. The summed E-state index contributed by atoms with van der Waals surface area (Å²) in [4.78, 5) is 30.6.